The highest BCUT2D eigenvalue weighted by molar-refractivity contribution is 6.15. The van der Waals surface area contributed by atoms with E-state index in [-0.39, 0.29) is 5.91 Å². The molecule has 1 atom stereocenters. The fourth-order valence-corrected chi connectivity index (χ4v) is 3.38. The van der Waals surface area contributed by atoms with Crippen molar-refractivity contribution >= 4 is 27.6 Å². The second-order valence-electron chi connectivity index (χ2n) is 6.15. The first kappa shape index (κ1) is 14.2. The molecule has 0 aliphatic carbocycles. The van der Waals surface area contributed by atoms with E-state index in [0.717, 1.165) is 41.3 Å². The fourth-order valence-electron chi connectivity index (χ4n) is 3.38. The van der Waals surface area contributed by atoms with Crippen molar-refractivity contribution in [3.05, 3.63) is 54.2 Å². The van der Waals surface area contributed by atoms with E-state index < -0.39 is 0 Å². The number of carbonyl (C=O) groups excluding carboxylic acids is 1. The average Bonchev–Trinajstić information content (AvgIpc) is 2.60. The second kappa shape index (κ2) is 5.63. The Morgan fingerprint density at radius 2 is 2.04 bits per heavy atom. The third kappa shape index (κ3) is 2.45. The molecule has 4 rings (SSSR count). The van der Waals surface area contributed by atoms with Crippen LogP contribution in [0.15, 0.2) is 48.7 Å². The van der Waals surface area contributed by atoms with Crippen LogP contribution < -0.4 is 5.32 Å². The van der Waals surface area contributed by atoms with Crippen LogP contribution in [-0.4, -0.2) is 41.5 Å². The zero-order chi connectivity index (χ0) is 15.8. The Hall–Kier alpha value is -2.46. The Balaban J connectivity index is 1.89. The molecule has 3 aromatic rings. The number of aromatic nitrogens is 1. The Bertz CT molecular complexity index is 890. The minimum Gasteiger partial charge on any atom is -0.336 e. The van der Waals surface area contributed by atoms with Gasteiger partial charge in [-0.05, 0) is 29.8 Å². The number of piperazine rings is 1. The molecule has 4 nitrogen and oxygen atoms in total. The third-order valence-electron chi connectivity index (χ3n) is 4.50. The number of fused-ring (bicyclic) bond motifs is 3. The van der Waals surface area contributed by atoms with Gasteiger partial charge in [0.2, 0.25) is 0 Å². The predicted molar refractivity (Wildman–Crippen MR) is 92.6 cm³/mol. The number of nitrogens with zero attached hydrogens (tertiary/aromatic N) is 2. The minimum atomic E-state index is 0.0767. The van der Waals surface area contributed by atoms with Crippen molar-refractivity contribution in [2.24, 2.45) is 0 Å². The van der Waals surface area contributed by atoms with Crippen LogP contribution in [-0.2, 0) is 0 Å². The highest BCUT2D eigenvalue weighted by Crippen LogP contribution is 2.28. The van der Waals surface area contributed by atoms with Crippen LogP contribution in [0.3, 0.4) is 0 Å². The van der Waals surface area contributed by atoms with Crippen LogP contribution >= 0.6 is 0 Å². The maximum Gasteiger partial charge on any atom is 0.256 e. The number of carbonyl (C=O) groups is 1. The van der Waals surface area contributed by atoms with Crippen LogP contribution in [0.5, 0.6) is 0 Å². The van der Waals surface area contributed by atoms with Crippen molar-refractivity contribution in [1.29, 1.82) is 0 Å². The first-order valence-electron chi connectivity index (χ1n) is 8.03. The molecule has 4 heteroatoms. The summed E-state index contributed by atoms with van der Waals surface area (Å²) in [7, 11) is 0. The maximum atomic E-state index is 13.1. The Kier molecular flexibility index (Phi) is 3.46. The monoisotopic (exact) mass is 305 g/mol. The van der Waals surface area contributed by atoms with E-state index in [1.54, 1.807) is 6.20 Å². The lowest BCUT2D eigenvalue weighted by molar-refractivity contribution is 0.0711. The summed E-state index contributed by atoms with van der Waals surface area (Å²) in [5, 5.41) is 6.64. The van der Waals surface area contributed by atoms with Crippen molar-refractivity contribution in [2.45, 2.75) is 13.0 Å². The van der Waals surface area contributed by atoms with Crippen molar-refractivity contribution in [1.82, 2.24) is 15.2 Å². The molecule has 0 radical (unpaired) electrons. The molecule has 1 aliphatic heterocycles. The first-order chi connectivity index (χ1) is 11.2. The number of amides is 1. The van der Waals surface area contributed by atoms with Gasteiger partial charge in [-0.3, -0.25) is 9.78 Å². The van der Waals surface area contributed by atoms with Gasteiger partial charge in [0.25, 0.3) is 5.91 Å². The molecule has 1 amide bonds. The summed E-state index contributed by atoms with van der Waals surface area (Å²) in [6.07, 6.45) is 1.76. The summed E-state index contributed by atoms with van der Waals surface area (Å²) in [5.41, 5.74) is 1.50. The van der Waals surface area contributed by atoms with Gasteiger partial charge in [0, 0.05) is 37.3 Å². The Labute approximate surface area is 135 Å². The van der Waals surface area contributed by atoms with Gasteiger partial charge in [-0.2, -0.15) is 0 Å². The molecule has 0 spiro atoms. The number of pyridine rings is 1. The van der Waals surface area contributed by atoms with Crippen LogP contribution in [0.1, 0.15) is 17.3 Å². The fraction of sp³-hybridized carbons (Fsp3) is 0.263. The summed E-state index contributed by atoms with van der Waals surface area (Å²) in [5.74, 6) is 0.0767. The molecule has 1 unspecified atom stereocenters. The molecule has 1 fully saturated rings. The standard InChI is InChI=1S/C19H19N3O/c1-13-12-22(10-9-20-13)19(23)17-11-14-5-2-3-6-15(14)16-7-4-8-21-18(16)17/h2-8,11,13,20H,9-10,12H2,1H3. The van der Waals surface area contributed by atoms with E-state index in [1.165, 1.54) is 0 Å². The molecule has 2 aromatic carbocycles. The smallest absolute Gasteiger partial charge is 0.256 e. The highest BCUT2D eigenvalue weighted by atomic mass is 16.2. The number of benzene rings is 2. The van der Waals surface area contributed by atoms with Gasteiger partial charge in [0.15, 0.2) is 0 Å². The van der Waals surface area contributed by atoms with Crippen molar-refractivity contribution < 1.29 is 4.79 Å². The first-order valence-corrected chi connectivity index (χ1v) is 8.03. The quantitative estimate of drug-likeness (QED) is 0.703. The number of nitrogens with one attached hydrogen (secondary N) is 1. The van der Waals surface area contributed by atoms with E-state index in [2.05, 4.69) is 29.4 Å². The topological polar surface area (TPSA) is 45.2 Å². The lowest BCUT2D eigenvalue weighted by Crippen LogP contribution is -2.51. The normalized spacial score (nSPS) is 18.5. The number of hydrogen-bond donors (Lipinski definition) is 1. The molecule has 1 aromatic heterocycles. The van der Waals surface area contributed by atoms with Crippen molar-refractivity contribution in [3.63, 3.8) is 0 Å². The molecule has 116 valence electrons. The summed E-state index contributed by atoms with van der Waals surface area (Å²) in [6, 6.07) is 14.4. The number of hydrogen-bond acceptors (Lipinski definition) is 3. The van der Waals surface area contributed by atoms with Gasteiger partial charge >= 0.3 is 0 Å². The van der Waals surface area contributed by atoms with Gasteiger partial charge in [-0.1, -0.05) is 30.3 Å². The van der Waals surface area contributed by atoms with E-state index >= 15 is 0 Å². The molecule has 1 saturated heterocycles. The zero-order valence-corrected chi connectivity index (χ0v) is 13.1. The summed E-state index contributed by atoms with van der Waals surface area (Å²) in [4.78, 5) is 19.5. The zero-order valence-electron chi connectivity index (χ0n) is 13.1. The third-order valence-corrected chi connectivity index (χ3v) is 4.50. The SMILES string of the molecule is CC1CN(C(=O)c2cc3ccccc3c3cccnc23)CCN1. The van der Waals surface area contributed by atoms with Gasteiger partial charge in [0.1, 0.15) is 0 Å². The van der Waals surface area contributed by atoms with E-state index in [4.69, 9.17) is 0 Å². The van der Waals surface area contributed by atoms with Crippen LogP contribution in [0.2, 0.25) is 0 Å². The van der Waals surface area contributed by atoms with E-state index in [0.29, 0.717) is 11.6 Å². The maximum absolute atomic E-state index is 13.1. The van der Waals surface area contributed by atoms with Gasteiger partial charge in [-0.25, -0.2) is 0 Å². The predicted octanol–water partition coefficient (Wildman–Crippen LogP) is 2.82. The molecule has 2 heterocycles. The minimum absolute atomic E-state index is 0.0767. The molecule has 0 saturated carbocycles. The highest BCUT2D eigenvalue weighted by Gasteiger charge is 2.24. The van der Waals surface area contributed by atoms with Gasteiger partial charge in [0.05, 0.1) is 11.1 Å². The van der Waals surface area contributed by atoms with Gasteiger partial charge in [-0.15, -0.1) is 0 Å². The largest absolute Gasteiger partial charge is 0.336 e. The Morgan fingerprint density at radius 1 is 1.22 bits per heavy atom. The van der Waals surface area contributed by atoms with Crippen LogP contribution in [0, 0.1) is 0 Å². The van der Waals surface area contributed by atoms with Gasteiger partial charge < -0.3 is 10.2 Å². The molecular formula is C19H19N3O. The second-order valence-corrected chi connectivity index (χ2v) is 6.15. The molecule has 23 heavy (non-hydrogen) atoms. The number of rotatable bonds is 1. The molecular weight excluding hydrogens is 286 g/mol. The van der Waals surface area contributed by atoms with Crippen molar-refractivity contribution in [3.8, 4) is 0 Å². The van der Waals surface area contributed by atoms with E-state index in [1.807, 2.05) is 35.2 Å². The average molecular weight is 305 g/mol. The van der Waals surface area contributed by atoms with E-state index in [9.17, 15) is 4.79 Å². The molecule has 0 bridgehead atoms. The summed E-state index contributed by atoms with van der Waals surface area (Å²) in [6.45, 7) is 4.42. The van der Waals surface area contributed by atoms with Crippen molar-refractivity contribution in [2.75, 3.05) is 19.6 Å². The Morgan fingerprint density at radius 3 is 2.91 bits per heavy atom. The molecule has 1 N–H and O–H groups in total. The van der Waals surface area contributed by atoms with Crippen LogP contribution in [0.4, 0.5) is 0 Å². The lowest BCUT2D eigenvalue weighted by atomic mass is 9.99. The lowest BCUT2D eigenvalue weighted by Gasteiger charge is -2.32. The van der Waals surface area contributed by atoms with Crippen LogP contribution in [0.25, 0.3) is 21.7 Å². The summed E-state index contributed by atoms with van der Waals surface area (Å²) < 4.78 is 0. The summed E-state index contributed by atoms with van der Waals surface area (Å²) >= 11 is 0. The molecule has 1 aliphatic rings.